The predicted octanol–water partition coefficient (Wildman–Crippen LogP) is 20.3. The fraction of sp³-hybridized carbons (Fsp3) is 0.211. The van der Waals surface area contributed by atoms with Crippen molar-refractivity contribution in [3.05, 3.63) is 298 Å². The molecule has 0 saturated carbocycles. The Labute approximate surface area is 464 Å². The van der Waals surface area contributed by atoms with Gasteiger partial charge in [0, 0.05) is 17.1 Å². The summed E-state index contributed by atoms with van der Waals surface area (Å²) in [6, 6.07) is 90.8. The highest BCUT2D eigenvalue weighted by Crippen LogP contribution is 2.57. The van der Waals surface area contributed by atoms with E-state index in [2.05, 4.69) is 268 Å². The molecule has 0 saturated heterocycles. The molecule has 2 heteroatoms. The molecule has 0 spiro atoms. The van der Waals surface area contributed by atoms with Crippen LogP contribution < -0.4 is 9.64 Å². The molecular weight excluding hydrogens is 943 g/mol. The first-order valence-corrected chi connectivity index (χ1v) is 28.9. The fourth-order valence-corrected chi connectivity index (χ4v) is 12.7. The average Bonchev–Trinajstić information content (AvgIpc) is 4.05. The minimum atomic E-state index is -0.587. The summed E-state index contributed by atoms with van der Waals surface area (Å²) in [6.07, 6.45) is 10.8. The van der Waals surface area contributed by atoms with Crippen molar-refractivity contribution in [2.75, 3.05) is 4.90 Å². The van der Waals surface area contributed by atoms with Crippen LogP contribution in [0, 0.1) is 0 Å². The second-order valence-electron chi connectivity index (χ2n) is 22.0. The van der Waals surface area contributed by atoms with E-state index in [9.17, 15) is 0 Å². The summed E-state index contributed by atoms with van der Waals surface area (Å²) in [7, 11) is 0. The van der Waals surface area contributed by atoms with E-state index in [0.717, 1.165) is 42.1 Å². The van der Waals surface area contributed by atoms with Crippen LogP contribution in [0.4, 0.5) is 17.1 Å². The van der Waals surface area contributed by atoms with Gasteiger partial charge >= 0.3 is 0 Å². The van der Waals surface area contributed by atoms with Crippen LogP contribution >= 0.6 is 0 Å². The van der Waals surface area contributed by atoms with Crippen molar-refractivity contribution in [1.82, 2.24) is 0 Å². The molecule has 0 heterocycles. The number of ether oxygens (including phenoxy) is 1. The summed E-state index contributed by atoms with van der Waals surface area (Å²) in [5.41, 5.74) is 23.8. The van der Waals surface area contributed by atoms with Gasteiger partial charge in [-0.3, -0.25) is 0 Å². The van der Waals surface area contributed by atoms with Gasteiger partial charge < -0.3 is 9.64 Å². The van der Waals surface area contributed by atoms with Gasteiger partial charge in [-0.2, -0.15) is 0 Å². The number of aryl methyl sites for hydroxylation is 3. The molecular formula is C76H71NO. The lowest BCUT2D eigenvalue weighted by molar-refractivity contribution is 0.306. The molecule has 0 aliphatic heterocycles. The van der Waals surface area contributed by atoms with E-state index in [1.807, 2.05) is 0 Å². The number of hydrogen-bond donors (Lipinski definition) is 0. The molecule has 2 aliphatic carbocycles. The van der Waals surface area contributed by atoms with Crippen molar-refractivity contribution in [3.63, 3.8) is 0 Å². The molecule has 0 amide bonds. The number of benzene rings is 10. The van der Waals surface area contributed by atoms with Crippen LogP contribution in [0.25, 0.3) is 33.4 Å². The van der Waals surface area contributed by atoms with E-state index in [1.165, 1.54) is 128 Å². The van der Waals surface area contributed by atoms with E-state index in [0.29, 0.717) is 18.4 Å². The second-order valence-corrected chi connectivity index (χ2v) is 22.0. The first kappa shape index (κ1) is 50.6. The van der Waals surface area contributed by atoms with Crippen molar-refractivity contribution in [3.8, 4) is 39.1 Å². The number of para-hydroxylation sites is 1. The molecule has 0 bridgehead atoms. The SMILES string of the molecule is CCCCCCc1ccc(C2(c3ccc(OCc4ccc(C(C)CC(CC)c5ccc(-c6ccc7c(c6)CC7)cc5)cc4)cc3)c3ccccc3-c3ccc(N(c4ccccc4)c4ccc(-c5ccccc5)cc4)cc32)cc1. The Kier molecular flexibility index (Phi) is 14.8. The highest BCUT2D eigenvalue weighted by Gasteiger charge is 2.46. The Morgan fingerprint density at radius 1 is 0.449 bits per heavy atom. The van der Waals surface area contributed by atoms with Crippen LogP contribution in [-0.4, -0.2) is 0 Å². The maximum Gasteiger partial charge on any atom is 0.119 e. The molecule has 3 atom stereocenters. The molecule has 78 heavy (non-hydrogen) atoms. The van der Waals surface area contributed by atoms with Gasteiger partial charge in [0.15, 0.2) is 0 Å². The fourth-order valence-electron chi connectivity index (χ4n) is 12.7. The van der Waals surface area contributed by atoms with E-state index >= 15 is 0 Å². The number of fused-ring (bicyclic) bond motifs is 4. The molecule has 0 N–H and O–H groups in total. The Balaban J connectivity index is 0.825. The lowest BCUT2D eigenvalue weighted by atomic mass is 9.67. The molecule has 2 aliphatic rings. The van der Waals surface area contributed by atoms with Crippen LogP contribution in [-0.2, 0) is 31.3 Å². The van der Waals surface area contributed by atoms with Crippen LogP contribution in [0.15, 0.2) is 243 Å². The van der Waals surface area contributed by atoms with Gasteiger partial charge in [-0.1, -0.05) is 234 Å². The van der Waals surface area contributed by atoms with Gasteiger partial charge in [-0.15, -0.1) is 0 Å². The number of rotatable bonds is 20. The summed E-state index contributed by atoms with van der Waals surface area (Å²) in [5, 5.41) is 0. The van der Waals surface area contributed by atoms with Crippen LogP contribution in [0.1, 0.15) is 127 Å². The van der Waals surface area contributed by atoms with E-state index in [-0.39, 0.29) is 0 Å². The molecule has 386 valence electrons. The highest BCUT2D eigenvalue weighted by molar-refractivity contribution is 5.90. The average molecular weight is 1010 g/mol. The van der Waals surface area contributed by atoms with Crippen LogP contribution in [0.5, 0.6) is 5.75 Å². The van der Waals surface area contributed by atoms with Crippen molar-refractivity contribution in [2.24, 2.45) is 0 Å². The number of unbranched alkanes of at least 4 members (excludes halogenated alkanes) is 3. The molecule has 12 rings (SSSR count). The van der Waals surface area contributed by atoms with Crippen molar-refractivity contribution in [2.45, 2.75) is 102 Å². The largest absolute Gasteiger partial charge is 0.489 e. The number of hydrogen-bond acceptors (Lipinski definition) is 2. The molecule has 0 fully saturated rings. The third-order valence-electron chi connectivity index (χ3n) is 17.2. The standard InChI is InChI=1S/C76H71NO/c1-4-6-7-10-17-55-26-40-66(41-27-55)76(74-23-16-15-22-72(74)73-49-46-70(52-75(73)76)77(68-20-13-9-14-21-68)69-44-38-61(39-45-69)59-18-11-8-12-19-59)67-42-47-71(48-43-67)78-53-56-24-28-58(29-25-56)54(3)50-57(5-2)60-30-32-62(33-31-60)64-36-34-63-35-37-65(63)51-64/h8-9,11-16,18-34,36,38-49,51-52,54,57H,4-7,10,17,35,37,50,53H2,1-3H3. The summed E-state index contributed by atoms with van der Waals surface area (Å²) < 4.78 is 6.63. The molecule has 2 nitrogen and oxygen atoms in total. The zero-order valence-corrected chi connectivity index (χ0v) is 45.7. The van der Waals surface area contributed by atoms with Gasteiger partial charge in [0.2, 0.25) is 0 Å². The predicted molar refractivity (Wildman–Crippen MR) is 328 cm³/mol. The summed E-state index contributed by atoms with van der Waals surface area (Å²) >= 11 is 0. The minimum Gasteiger partial charge on any atom is -0.489 e. The van der Waals surface area contributed by atoms with Gasteiger partial charge in [-0.05, 0) is 188 Å². The quantitative estimate of drug-likeness (QED) is 0.0706. The second kappa shape index (κ2) is 22.8. The lowest BCUT2D eigenvalue weighted by Crippen LogP contribution is -2.29. The molecule has 10 aromatic carbocycles. The van der Waals surface area contributed by atoms with Crippen LogP contribution in [0.3, 0.4) is 0 Å². The zero-order valence-electron chi connectivity index (χ0n) is 45.7. The third-order valence-corrected chi connectivity index (χ3v) is 17.2. The lowest BCUT2D eigenvalue weighted by Gasteiger charge is -2.35. The molecule has 10 aromatic rings. The van der Waals surface area contributed by atoms with Gasteiger partial charge in [-0.25, -0.2) is 0 Å². The topological polar surface area (TPSA) is 12.5 Å². The first-order valence-electron chi connectivity index (χ1n) is 28.9. The van der Waals surface area contributed by atoms with Crippen molar-refractivity contribution in [1.29, 1.82) is 0 Å². The third kappa shape index (κ3) is 10.1. The van der Waals surface area contributed by atoms with Crippen molar-refractivity contribution < 1.29 is 4.74 Å². The smallest absolute Gasteiger partial charge is 0.119 e. The van der Waals surface area contributed by atoms with E-state index in [1.54, 1.807) is 0 Å². The Hall–Kier alpha value is -8.20. The number of nitrogens with zero attached hydrogens (tertiary/aromatic N) is 1. The Bertz CT molecular complexity index is 3600. The highest BCUT2D eigenvalue weighted by atomic mass is 16.5. The van der Waals surface area contributed by atoms with E-state index < -0.39 is 5.41 Å². The molecule has 0 radical (unpaired) electrons. The van der Waals surface area contributed by atoms with Crippen molar-refractivity contribution >= 4 is 17.1 Å². The van der Waals surface area contributed by atoms with Gasteiger partial charge in [0.25, 0.3) is 0 Å². The maximum absolute atomic E-state index is 6.63. The Morgan fingerprint density at radius 2 is 1.03 bits per heavy atom. The Morgan fingerprint density at radius 3 is 1.72 bits per heavy atom. The summed E-state index contributed by atoms with van der Waals surface area (Å²) in [6.45, 7) is 7.50. The maximum atomic E-state index is 6.63. The summed E-state index contributed by atoms with van der Waals surface area (Å²) in [4.78, 5) is 2.41. The number of anilines is 3. The van der Waals surface area contributed by atoms with Crippen LogP contribution in [0.2, 0.25) is 0 Å². The van der Waals surface area contributed by atoms with E-state index in [4.69, 9.17) is 4.74 Å². The van der Waals surface area contributed by atoms with Gasteiger partial charge in [0.1, 0.15) is 12.4 Å². The molecule has 3 unspecified atom stereocenters. The zero-order chi connectivity index (χ0) is 52.8. The first-order chi connectivity index (χ1) is 38.5. The monoisotopic (exact) mass is 1010 g/mol. The molecule has 0 aromatic heterocycles. The summed E-state index contributed by atoms with van der Waals surface area (Å²) in [5.74, 6) is 1.81. The normalized spacial score (nSPS) is 14.9. The minimum absolute atomic E-state index is 0.439. The van der Waals surface area contributed by atoms with Gasteiger partial charge in [0.05, 0.1) is 5.41 Å².